The number of amides is 1. The van der Waals surface area contributed by atoms with Crippen molar-refractivity contribution in [2.24, 2.45) is 7.05 Å². The van der Waals surface area contributed by atoms with E-state index in [0.29, 0.717) is 30.0 Å². The molecule has 0 aliphatic heterocycles. The Morgan fingerprint density at radius 2 is 2.33 bits per heavy atom. The molecule has 0 spiro atoms. The van der Waals surface area contributed by atoms with Crippen LogP contribution in [-0.2, 0) is 7.05 Å². The number of aryl methyl sites for hydroxylation is 2. The first kappa shape index (κ1) is 12.4. The normalized spacial score (nSPS) is 14.3. The third kappa shape index (κ3) is 2.16. The molecule has 1 saturated carbocycles. The summed E-state index contributed by atoms with van der Waals surface area (Å²) in [5.74, 6) is -0.117. The van der Waals surface area contributed by atoms with E-state index in [1.54, 1.807) is 18.9 Å². The fourth-order valence-electron chi connectivity index (χ4n) is 2.07. The molecule has 0 unspecified atom stereocenters. The standard InChI is InChI=1S/C12H17N5O/c1-8-10(14)11(16(2)15-8)12(18)17(7-3-6-13)9-4-5-9/h9H,3-5,7,14H2,1-2H3. The summed E-state index contributed by atoms with van der Waals surface area (Å²) in [6.07, 6.45) is 2.36. The molecule has 1 aliphatic carbocycles. The number of anilines is 1. The summed E-state index contributed by atoms with van der Waals surface area (Å²) in [5, 5.41) is 12.8. The number of nitrogens with zero attached hydrogens (tertiary/aromatic N) is 4. The minimum Gasteiger partial charge on any atom is -0.395 e. The Hall–Kier alpha value is -2.03. The van der Waals surface area contributed by atoms with Crippen LogP contribution >= 0.6 is 0 Å². The van der Waals surface area contributed by atoms with Crippen LogP contribution in [0.1, 0.15) is 35.4 Å². The van der Waals surface area contributed by atoms with Crippen molar-refractivity contribution >= 4 is 11.6 Å². The van der Waals surface area contributed by atoms with Crippen molar-refractivity contribution in [3.8, 4) is 6.07 Å². The Bertz CT molecular complexity index is 509. The van der Waals surface area contributed by atoms with Gasteiger partial charge in [0.2, 0.25) is 0 Å². The Kier molecular flexibility index (Phi) is 3.24. The van der Waals surface area contributed by atoms with Crippen molar-refractivity contribution < 1.29 is 4.79 Å². The lowest BCUT2D eigenvalue weighted by Gasteiger charge is -2.21. The molecule has 1 aliphatic rings. The number of hydrogen-bond donors (Lipinski definition) is 1. The van der Waals surface area contributed by atoms with Gasteiger partial charge in [-0.1, -0.05) is 0 Å². The predicted molar refractivity (Wildman–Crippen MR) is 66.6 cm³/mol. The summed E-state index contributed by atoms with van der Waals surface area (Å²) in [5.41, 5.74) is 7.42. The van der Waals surface area contributed by atoms with Crippen molar-refractivity contribution in [2.45, 2.75) is 32.2 Å². The van der Waals surface area contributed by atoms with Gasteiger partial charge in [-0.05, 0) is 19.8 Å². The van der Waals surface area contributed by atoms with E-state index < -0.39 is 0 Å². The van der Waals surface area contributed by atoms with Crippen molar-refractivity contribution in [2.75, 3.05) is 12.3 Å². The van der Waals surface area contributed by atoms with Crippen LogP contribution < -0.4 is 5.73 Å². The zero-order valence-corrected chi connectivity index (χ0v) is 10.7. The van der Waals surface area contributed by atoms with Gasteiger partial charge in [0.1, 0.15) is 5.69 Å². The molecule has 1 fully saturated rings. The van der Waals surface area contributed by atoms with Crippen LogP contribution in [0.25, 0.3) is 0 Å². The van der Waals surface area contributed by atoms with Crippen LogP contribution in [0.3, 0.4) is 0 Å². The van der Waals surface area contributed by atoms with E-state index in [0.717, 1.165) is 12.8 Å². The first-order valence-corrected chi connectivity index (χ1v) is 6.03. The number of carbonyl (C=O) groups is 1. The molecule has 2 rings (SSSR count). The van der Waals surface area contributed by atoms with Gasteiger partial charge >= 0.3 is 0 Å². The number of nitriles is 1. The largest absolute Gasteiger partial charge is 0.395 e. The highest BCUT2D eigenvalue weighted by Crippen LogP contribution is 2.29. The molecule has 1 heterocycles. The molecular formula is C12H17N5O. The number of aromatic nitrogens is 2. The topological polar surface area (TPSA) is 87.9 Å². The summed E-state index contributed by atoms with van der Waals surface area (Å²) in [4.78, 5) is 14.2. The minimum absolute atomic E-state index is 0.117. The van der Waals surface area contributed by atoms with Gasteiger partial charge in [0.05, 0.1) is 23.9 Å². The molecule has 1 aromatic rings. The molecule has 0 aromatic carbocycles. The number of nitrogen functional groups attached to an aromatic ring is 1. The van der Waals surface area contributed by atoms with E-state index in [1.807, 2.05) is 0 Å². The SMILES string of the molecule is Cc1nn(C)c(C(=O)N(CCC#N)C2CC2)c1N. The maximum absolute atomic E-state index is 12.5. The Labute approximate surface area is 106 Å². The van der Waals surface area contributed by atoms with E-state index in [9.17, 15) is 4.79 Å². The van der Waals surface area contributed by atoms with Crippen LogP contribution in [-0.4, -0.2) is 33.2 Å². The minimum atomic E-state index is -0.117. The molecule has 18 heavy (non-hydrogen) atoms. The van der Waals surface area contributed by atoms with E-state index in [1.165, 1.54) is 4.68 Å². The van der Waals surface area contributed by atoms with E-state index in [4.69, 9.17) is 11.0 Å². The summed E-state index contributed by atoms with van der Waals surface area (Å²) >= 11 is 0. The van der Waals surface area contributed by atoms with Crippen LogP contribution in [0.15, 0.2) is 0 Å². The van der Waals surface area contributed by atoms with Crippen LogP contribution in [0.5, 0.6) is 0 Å². The van der Waals surface area contributed by atoms with Gasteiger partial charge in [-0.3, -0.25) is 9.48 Å². The molecule has 0 bridgehead atoms. The maximum Gasteiger partial charge on any atom is 0.274 e. The molecule has 1 aromatic heterocycles. The quantitative estimate of drug-likeness (QED) is 0.853. The van der Waals surface area contributed by atoms with Crippen LogP contribution in [0.4, 0.5) is 5.69 Å². The number of nitrogens with two attached hydrogens (primary N) is 1. The first-order chi connectivity index (χ1) is 8.56. The van der Waals surface area contributed by atoms with Crippen molar-refractivity contribution in [1.29, 1.82) is 5.26 Å². The molecule has 0 saturated heterocycles. The molecule has 6 nitrogen and oxygen atoms in total. The molecule has 2 N–H and O–H groups in total. The summed E-state index contributed by atoms with van der Waals surface area (Å²) in [6.45, 7) is 2.24. The van der Waals surface area contributed by atoms with Crippen molar-refractivity contribution in [3.63, 3.8) is 0 Å². The average molecular weight is 247 g/mol. The fraction of sp³-hybridized carbons (Fsp3) is 0.583. The van der Waals surface area contributed by atoms with Gasteiger partial charge in [0.15, 0.2) is 0 Å². The Morgan fingerprint density at radius 3 is 2.78 bits per heavy atom. The van der Waals surface area contributed by atoms with Gasteiger partial charge in [-0.15, -0.1) is 0 Å². The third-order valence-corrected chi connectivity index (χ3v) is 3.18. The smallest absolute Gasteiger partial charge is 0.274 e. The highest BCUT2D eigenvalue weighted by Gasteiger charge is 2.34. The molecular weight excluding hydrogens is 230 g/mol. The molecule has 1 amide bonds. The number of carbonyl (C=O) groups excluding carboxylic acids is 1. The summed E-state index contributed by atoms with van der Waals surface area (Å²) in [6, 6.07) is 2.34. The van der Waals surface area contributed by atoms with Crippen LogP contribution in [0, 0.1) is 18.3 Å². The van der Waals surface area contributed by atoms with Gasteiger partial charge in [0.25, 0.3) is 5.91 Å². The zero-order valence-electron chi connectivity index (χ0n) is 10.7. The lowest BCUT2D eigenvalue weighted by atomic mass is 10.2. The molecule has 0 atom stereocenters. The third-order valence-electron chi connectivity index (χ3n) is 3.18. The Balaban J connectivity index is 2.25. The second-order valence-corrected chi connectivity index (χ2v) is 4.61. The van der Waals surface area contributed by atoms with Crippen molar-refractivity contribution in [3.05, 3.63) is 11.4 Å². The second kappa shape index (κ2) is 4.69. The summed E-state index contributed by atoms with van der Waals surface area (Å²) < 4.78 is 1.52. The molecule has 6 heteroatoms. The highest BCUT2D eigenvalue weighted by atomic mass is 16.2. The molecule has 96 valence electrons. The number of rotatable bonds is 4. The lowest BCUT2D eigenvalue weighted by Crippen LogP contribution is -2.35. The molecule has 0 radical (unpaired) electrons. The summed E-state index contributed by atoms with van der Waals surface area (Å²) in [7, 11) is 1.71. The van der Waals surface area contributed by atoms with E-state index in [-0.39, 0.29) is 11.9 Å². The van der Waals surface area contributed by atoms with Crippen molar-refractivity contribution in [1.82, 2.24) is 14.7 Å². The second-order valence-electron chi connectivity index (χ2n) is 4.61. The first-order valence-electron chi connectivity index (χ1n) is 6.03. The van der Waals surface area contributed by atoms with Gasteiger partial charge in [-0.25, -0.2) is 0 Å². The van der Waals surface area contributed by atoms with Gasteiger partial charge in [-0.2, -0.15) is 10.4 Å². The van der Waals surface area contributed by atoms with E-state index >= 15 is 0 Å². The maximum atomic E-state index is 12.5. The predicted octanol–water partition coefficient (Wildman–Crippen LogP) is 0.829. The Morgan fingerprint density at radius 1 is 1.67 bits per heavy atom. The van der Waals surface area contributed by atoms with Gasteiger partial charge in [0, 0.05) is 19.6 Å². The number of hydrogen-bond acceptors (Lipinski definition) is 4. The van der Waals surface area contributed by atoms with Crippen LogP contribution in [0.2, 0.25) is 0 Å². The van der Waals surface area contributed by atoms with Gasteiger partial charge < -0.3 is 10.6 Å². The van der Waals surface area contributed by atoms with E-state index in [2.05, 4.69) is 11.2 Å². The highest BCUT2D eigenvalue weighted by molar-refractivity contribution is 5.98. The lowest BCUT2D eigenvalue weighted by molar-refractivity contribution is 0.0737. The fourth-order valence-corrected chi connectivity index (χ4v) is 2.07. The average Bonchev–Trinajstić information content (AvgIpc) is 3.10. The monoisotopic (exact) mass is 247 g/mol. The zero-order chi connectivity index (χ0) is 13.3.